The van der Waals surface area contributed by atoms with Crippen molar-refractivity contribution in [1.82, 2.24) is 0 Å². The van der Waals surface area contributed by atoms with E-state index in [1.165, 1.54) is 13.2 Å². The second-order valence-electron chi connectivity index (χ2n) is 5.22. The summed E-state index contributed by atoms with van der Waals surface area (Å²) in [5.41, 5.74) is 2.19. The minimum Gasteiger partial charge on any atom is -0.496 e. The zero-order chi connectivity index (χ0) is 17.2. The molecule has 0 saturated carbocycles. The lowest BCUT2D eigenvalue weighted by atomic mass is 9.94. The van der Waals surface area contributed by atoms with Gasteiger partial charge in [0.1, 0.15) is 5.75 Å². The van der Waals surface area contributed by atoms with Gasteiger partial charge in [-0.25, -0.2) is 0 Å². The van der Waals surface area contributed by atoms with Gasteiger partial charge in [0, 0.05) is 5.56 Å². The number of alkyl halides is 3. The Morgan fingerprint density at radius 2 is 1.83 bits per heavy atom. The third kappa shape index (κ3) is 3.56. The van der Waals surface area contributed by atoms with Crippen LogP contribution in [-0.4, -0.2) is 12.2 Å². The molecule has 122 valence electrons. The zero-order valence-electron chi connectivity index (χ0n) is 12.9. The molecule has 2 nitrogen and oxygen atoms in total. The molecule has 2 rings (SSSR count). The van der Waals surface area contributed by atoms with Crippen LogP contribution in [0.3, 0.4) is 0 Å². The van der Waals surface area contributed by atoms with Gasteiger partial charge in [0.2, 0.25) is 0 Å². The Morgan fingerprint density at radius 1 is 1.13 bits per heavy atom. The molecule has 0 heterocycles. The highest BCUT2D eigenvalue weighted by Gasteiger charge is 2.31. The minimum atomic E-state index is -4.45. The first-order chi connectivity index (χ1) is 10.8. The fourth-order valence-electron chi connectivity index (χ4n) is 2.35. The van der Waals surface area contributed by atoms with Crippen molar-refractivity contribution < 1.29 is 23.0 Å². The Bertz CT molecular complexity index is 734. The van der Waals surface area contributed by atoms with Gasteiger partial charge in [-0.05, 0) is 47.9 Å². The van der Waals surface area contributed by atoms with Crippen molar-refractivity contribution in [3.05, 3.63) is 59.7 Å². The molecule has 0 saturated heterocycles. The number of rotatable bonds is 4. The van der Waals surface area contributed by atoms with Gasteiger partial charge in [-0.1, -0.05) is 24.3 Å². The average molecular weight is 322 g/mol. The van der Waals surface area contributed by atoms with Crippen LogP contribution in [0.2, 0.25) is 0 Å². The summed E-state index contributed by atoms with van der Waals surface area (Å²) in [5, 5.41) is 9.49. The van der Waals surface area contributed by atoms with E-state index < -0.39 is 18.3 Å². The normalized spacial score (nSPS) is 11.4. The molecular formula is C18H17F3O2. The van der Waals surface area contributed by atoms with Gasteiger partial charge in [0.05, 0.1) is 19.3 Å². The number of allylic oxidation sites excluding steroid dienone is 1. The first-order valence-electron chi connectivity index (χ1n) is 6.93. The Hall–Kier alpha value is -2.27. The van der Waals surface area contributed by atoms with Crippen molar-refractivity contribution in [2.45, 2.75) is 19.7 Å². The molecule has 5 heteroatoms. The molecule has 23 heavy (non-hydrogen) atoms. The third-order valence-corrected chi connectivity index (χ3v) is 3.59. The van der Waals surface area contributed by atoms with Gasteiger partial charge in [-0.15, -0.1) is 0 Å². The molecule has 2 aromatic rings. The van der Waals surface area contributed by atoms with Crippen molar-refractivity contribution in [2.75, 3.05) is 7.11 Å². The Morgan fingerprint density at radius 3 is 2.35 bits per heavy atom. The Labute approximate surface area is 132 Å². The summed E-state index contributed by atoms with van der Waals surface area (Å²) >= 11 is 0. The molecule has 0 fully saturated rings. The summed E-state index contributed by atoms with van der Waals surface area (Å²) in [6, 6.07) is 8.67. The molecule has 0 aromatic heterocycles. The zero-order valence-corrected chi connectivity index (χ0v) is 12.9. The molecular weight excluding hydrogens is 305 g/mol. The number of benzene rings is 2. The van der Waals surface area contributed by atoms with E-state index in [1.54, 1.807) is 12.1 Å². The summed E-state index contributed by atoms with van der Waals surface area (Å²) in [4.78, 5) is 0. The number of halogens is 3. The second kappa shape index (κ2) is 6.46. The standard InChI is InChI=1S/C18H17F3O2/c1-11(2)12-4-7-17(23-3)16(9-12)15-6-5-14(18(19,20)21)8-13(15)10-22/h4-9,22H,1,10H2,2-3H3. The summed E-state index contributed by atoms with van der Waals surface area (Å²) in [6.07, 6.45) is -4.45. The van der Waals surface area contributed by atoms with Crippen LogP contribution < -0.4 is 4.74 Å². The Kier molecular flexibility index (Phi) is 4.80. The molecule has 0 aliphatic heterocycles. The molecule has 0 spiro atoms. The number of ether oxygens (including phenoxy) is 1. The predicted octanol–water partition coefficient (Wildman–Crippen LogP) is 4.91. The lowest BCUT2D eigenvalue weighted by molar-refractivity contribution is -0.137. The maximum atomic E-state index is 12.8. The van der Waals surface area contributed by atoms with Crippen molar-refractivity contribution in [3.63, 3.8) is 0 Å². The smallest absolute Gasteiger partial charge is 0.416 e. The highest BCUT2D eigenvalue weighted by Crippen LogP contribution is 2.37. The molecule has 0 amide bonds. The highest BCUT2D eigenvalue weighted by molar-refractivity contribution is 5.78. The molecule has 0 unspecified atom stereocenters. The largest absolute Gasteiger partial charge is 0.496 e. The minimum absolute atomic E-state index is 0.192. The van der Waals surface area contributed by atoms with Crippen LogP contribution in [0, 0.1) is 0 Å². The van der Waals surface area contributed by atoms with Crippen molar-refractivity contribution in [3.8, 4) is 16.9 Å². The molecule has 0 aliphatic carbocycles. The quantitative estimate of drug-likeness (QED) is 0.867. The molecule has 2 aromatic carbocycles. The lowest BCUT2D eigenvalue weighted by Gasteiger charge is -2.16. The molecule has 0 bridgehead atoms. The topological polar surface area (TPSA) is 29.5 Å². The lowest BCUT2D eigenvalue weighted by Crippen LogP contribution is -2.06. The monoisotopic (exact) mass is 322 g/mol. The predicted molar refractivity (Wildman–Crippen MR) is 84.1 cm³/mol. The van der Waals surface area contributed by atoms with Gasteiger partial charge in [-0.3, -0.25) is 0 Å². The van der Waals surface area contributed by atoms with Crippen LogP contribution in [0.25, 0.3) is 16.7 Å². The first-order valence-corrected chi connectivity index (χ1v) is 6.93. The van der Waals surface area contributed by atoms with Crippen LogP contribution in [0.4, 0.5) is 13.2 Å². The summed E-state index contributed by atoms with van der Waals surface area (Å²) < 4.78 is 43.8. The molecule has 0 aliphatic rings. The van der Waals surface area contributed by atoms with E-state index in [-0.39, 0.29) is 5.56 Å². The van der Waals surface area contributed by atoms with Gasteiger partial charge in [-0.2, -0.15) is 13.2 Å². The van der Waals surface area contributed by atoms with E-state index in [0.717, 1.165) is 23.3 Å². The summed E-state index contributed by atoms with van der Waals surface area (Å²) in [6.45, 7) is 5.20. The number of hydrogen-bond acceptors (Lipinski definition) is 2. The van der Waals surface area contributed by atoms with Gasteiger partial charge >= 0.3 is 6.18 Å². The maximum absolute atomic E-state index is 12.8. The van der Waals surface area contributed by atoms with E-state index in [4.69, 9.17) is 4.74 Å². The highest BCUT2D eigenvalue weighted by atomic mass is 19.4. The summed E-state index contributed by atoms with van der Waals surface area (Å²) in [5.74, 6) is 0.518. The van der Waals surface area contributed by atoms with Crippen LogP contribution in [0.5, 0.6) is 5.75 Å². The van der Waals surface area contributed by atoms with Crippen LogP contribution in [-0.2, 0) is 12.8 Å². The van der Waals surface area contributed by atoms with Crippen LogP contribution in [0.1, 0.15) is 23.6 Å². The second-order valence-corrected chi connectivity index (χ2v) is 5.22. The average Bonchev–Trinajstić information content (AvgIpc) is 2.52. The van der Waals surface area contributed by atoms with E-state index in [9.17, 15) is 18.3 Å². The maximum Gasteiger partial charge on any atom is 0.416 e. The fourth-order valence-corrected chi connectivity index (χ4v) is 2.35. The van der Waals surface area contributed by atoms with E-state index in [0.29, 0.717) is 16.9 Å². The number of hydrogen-bond donors (Lipinski definition) is 1. The first kappa shape index (κ1) is 17.1. The number of aliphatic hydroxyl groups is 1. The van der Waals surface area contributed by atoms with Gasteiger partial charge in [0.15, 0.2) is 0 Å². The molecule has 0 radical (unpaired) electrons. The van der Waals surface area contributed by atoms with Gasteiger partial charge in [0.25, 0.3) is 0 Å². The molecule has 0 atom stereocenters. The fraction of sp³-hybridized carbons (Fsp3) is 0.222. The van der Waals surface area contributed by atoms with E-state index in [2.05, 4.69) is 6.58 Å². The Balaban J connectivity index is 2.66. The van der Waals surface area contributed by atoms with Crippen molar-refractivity contribution in [2.24, 2.45) is 0 Å². The van der Waals surface area contributed by atoms with Crippen molar-refractivity contribution in [1.29, 1.82) is 0 Å². The van der Waals surface area contributed by atoms with Gasteiger partial charge < -0.3 is 9.84 Å². The van der Waals surface area contributed by atoms with Crippen LogP contribution >= 0.6 is 0 Å². The SMILES string of the molecule is C=C(C)c1ccc(OC)c(-c2ccc(C(F)(F)F)cc2CO)c1. The van der Waals surface area contributed by atoms with Crippen LogP contribution in [0.15, 0.2) is 43.0 Å². The third-order valence-electron chi connectivity index (χ3n) is 3.59. The molecule has 1 N–H and O–H groups in total. The number of methoxy groups -OCH3 is 1. The van der Waals surface area contributed by atoms with E-state index >= 15 is 0 Å². The van der Waals surface area contributed by atoms with Crippen molar-refractivity contribution >= 4 is 5.57 Å². The van der Waals surface area contributed by atoms with E-state index in [1.807, 2.05) is 13.0 Å². The number of aliphatic hydroxyl groups excluding tert-OH is 1. The summed E-state index contributed by atoms with van der Waals surface area (Å²) in [7, 11) is 1.49.